The molecule has 16 heavy (non-hydrogen) atoms. The molecule has 0 spiro atoms. The van der Waals surface area contributed by atoms with Gasteiger partial charge in [-0.05, 0) is 31.0 Å². The maximum Gasteiger partial charge on any atom is 0.115 e. The van der Waals surface area contributed by atoms with Crippen molar-refractivity contribution in [2.75, 3.05) is 0 Å². The van der Waals surface area contributed by atoms with Crippen LogP contribution in [0.4, 0.5) is 0 Å². The highest BCUT2D eigenvalue weighted by atomic mass is 35.5. The Hall–Kier alpha value is -1.41. The number of aromatic nitrogens is 2. The van der Waals surface area contributed by atoms with Crippen LogP contribution in [0.25, 0.3) is 0 Å². The van der Waals surface area contributed by atoms with Crippen molar-refractivity contribution in [3.05, 3.63) is 58.1 Å². The van der Waals surface area contributed by atoms with Crippen molar-refractivity contribution in [1.29, 1.82) is 0 Å². The number of nitrogens with zero attached hydrogens (tertiary/aromatic N) is 2. The second-order valence-electron chi connectivity index (χ2n) is 3.79. The van der Waals surface area contributed by atoms with Crippen LogP contribution in [-0.4, -0.2) is 9.97 Å². The zero-order chi connectivity index (χ0) is 11.5. The van der Waals surface area contributed by atoms with Gasteiger partial charge in [-0.15, -0.1) is 0 Å². The molecule has 0 aliphatic carbocycles. The molecule has 0 unspecified atom stereocenters. The summed E-state index contributed by atoms with van der Waals surface area (Å²) in [7, 11) is 0. The van der Waals surface area contributed by atoms with Gasteiger partial charge in [0.25, 0.3) is 0 Å². The quantitative estimate of drug-likeness (QED) is 0.794. The fourth-order valence-electron chi connectivity index (χ4n) is 1.71. The van der Waals surface area contributed by atoms with Crippen LogP contribution in [-0.2, 0) is 6.42 Å². The molecule has 0 radical (unpaired) electrons. The average molecular weight is 233 g/mol. The maximum absolute atomic E-state index is 6.14. The molecular formula is C13H13ClN2. The van der Waals surface area contributed by atoms with Crippen LogP contribution in [0.1, 0.15) is 22.5 Å². The number of halogens is 1. The zero-order valence-corrected chi connectivity index (χ0v) is 10.1. The highest BCUT2D eigenvalue weighted by Gasteiger charge is 2.07. The second kappa shape index (κ2) is 4.62. The van der Waals surface area contributed by atoms with Gasteiger partial charge in [0.05, 0.1) is 0 Å². The zero-order valence-electron chi connectivity index (χ0n) is 9.37. The third-order valence-electron chi connectivity index (χ3n) is 2.70. The molecule has 0 fully saturated rings. The molecule has 1 heterocycles. The summed E-state index contributed by atoms with van der Waals surface area (Å²) >= 11 is 6.14. The lowest BCUT2D eigenvalue weighted by molar-refractivity contribution is 0.972. The van der Waals surface area contributed by atoms with Gasteiger partial charge < -0.3 is 0 Å². The third-order valence-corrected chi connectivity index (χ3v) is 3.07. The van der Waals surface area contributed by atoms with Gasteiger partial charge in [0.2, 0.25) is 0 Å². The largest absolute Gasteiger partial charge is 0.241 e. The Bertz CT molecular complexity index is 489. The minimum atomic E-state index is 0.790. The van der Waals surface area contributed by atoms with Crippen LogP contribution in [0.5, 0.6) is 0 Å². The van der Waals surface area contributed by atoms with E-state index in [0.717, 1.165) is 34.0 Å². The highest BCUT2D eigenvalue weighted by molar-refractivity contribution is 6.31. The molecule has 0 saturated heterocycles. The Kier molecular flexibility index (Phi) is 3.20. The summed E-state index contributed by atoms with van der Waals surface area (Å²) in [5.41, 5.74) is 4.32. The Morgan fingerprint density at radius 3 is 2.31 bits per heavy atom. The summed E-state index contributed by atoms with van der Waals surface area (Å²) in [6.45, 7) is 4.00. The van der Waals surface area contributed by atoms with Gasteiger partial charge in [0.1, 0.15) is 6.33 Å². The Balaban J connectivity index is 2.38. The van der Waals surface area contributed by atoms with E-state index in [4.69, 9.17) is 11.6 Å². The van der Waals surface area contributed by atoms with Crippen LogP contribution < -0.4 is 0 Å². The molecule has 0 aliphatic heterocycles. The van der Waals surface area contributed by atoms with Crippen LogP contribution in [0.15, 0.2) is 30.6 Å². The summed E-state index contributed by atoms with van der Waals surface area (Å²) < 4.78 is 0. The van der Waals surface area contributed by atoms with E-state index >= 15 is 0 Å². The van der Waals surface area contributed by atoms with Crippen molar-refractivity contribution in [2.45, 2.75) is 20.3 Å². The van der Waals surface area contributed by atoms with Crippen molar-refractivity contribution >= 4 is 11.6 Å². The molecule has 0 amide bonds. The van der Waals surface area contributed by atoms with E-state index in [9.17, 15) is 0 Å². The average Bonchev–Trinajstić information content (AvgIpc) is 2.26. The monoisotopic (exact) mass is 232 g/mol. The topological polar surface area (TPSA) is 25.8 Å². The highest BCUT2D eigenvalue weighted by Crippen LogP contribution is 2.21. The predicted octanol–water partition coefficient (Wildman–Crippen LogP) is 3.34. The molecule has 2 aromatic rings. The molecule has 0 N–H and O–H groups in total. The van der Waals surface area contributed by atoms with Crippen LogP contribution >= 0.6 is 11.6 Å². The molecule has 0 saturated carbocycles. The maximum atomic E-state index is 6.14. The van der Waals surface area contributed by atoms with Crippen molar-refractivity contribution in [3.63, 3.8) is 0 Å². The van der Waals surface area contributed by atoms with Gasteiger partial charge in [0, 0.05) is 22.8 Å². The lowest BCUT2D eigenvalue weighted by Gasteiger charge is -2.08. The molecule has 1 aromatic carbocycles. The first-order chi connectivity index (χ1) is 7.68. The van der Waals surface area contributed by atoms with Gasteiger partial charge >= 0.3 is 0 Å². The summed E-state index contributed by atoms with van der Waals surface area (Å²) in [5.74, 6) is 0. The Labute approximate surface area is 100 Å². The van der Waals surface area contributed by atoms with Gasteiger partial charge in [-0.25, -0.2) is 9.97 Å². The molecule has 0 aliphatic rings. The fraction of sp³-hybridized carbons (Fsp3) is 0.231. The minimum absolute atomic E-state index is 0.790. The number of hydrogen-bond acceptors (Lipinski definition) is 2. The first-order valence-electron chi connectivity index (χ1n) is 5.19. The van der Waals surface area contributed by atoms with E-state index in [1.54, 1.807) is 6.33 Å². The lowest BCUT2D eigenvalue weighted by atomic mass is 10.0. The van der Waals surface area contributed by atoms with E-state index in [1.165, 1.54) is 0 Å². The normalized spacial score (nSPS) is 10.4. The SMILES string of the molecule is Cc1ncnc(C)c1Cc1ccccc1Cl. The second-order valence-corrected chi connectivity index (χ2v) is 4.20. The number of benzene rings is 1. The number of hydrogen-bond donors (Lipinski definition) is 0. The first kappa shape index (κ1) is 11.1. The summed E-state index contributed by atoms with van der Waals surface area (Å²) in [4.78, 5) is 8.42. The van der Waals surface area contributed by atoms with Gasteiger partial charge in [-0.3, -0.25) is 0 Å². The van der Waals surface area contributed by atoms with Crippen molar-refractivity contribution < 1.29 is 0 Å². The van der Waals surface area contributed by atoms with E-state index in [0.29, 0.717) is 0 Å². The molecular weight excluding hydrogens is 220 g/mol. The van der Waals surface area contributed by atoms with Gasteiger partial charge in [0.15, 0.2) is 0 Å². The minimum Gasteiger partial charge on any atom is -0.241 e. The summed E-state index contributed by atoms with van der Waals surface area (Å²) in [6, 6.07) is 7.88. The Morgan fingerprint density at radius 2 is 1.69 bits per heavy atom. The van der Waals surface area contributed by atoms with E-state index in [1.807, 2.05) is 38.1 Å². The van der Waals surface area contributed by atoms with Crippen LogP contribution in [0.3, 0.4) is 0 Å². The van der Waals surface area contributed by atoms with Crippen molar-refractivity contribution in [2.24, 2.45) is 0 Å². The molecule has 0 bridgehead atoms. The summed E-state index contributed by atoms with van der Waals surface area (Å²) in [6.07, 6.45) is 2.39. The lowest BCUT2D eigenvalue weighted by Crippen LogP contribution is -2.00. The summed E-state index contributed by atoms with van der Waals surface area (Å²) in [5, 5.41) is 0.796. The van der Waals surface area contributed by atoms with Crippen LogP contribution in [0.2, 0.25) is 5.02 Å². The Morgan fingerprint density at radius 1 is 1.06 bits per heavy atom. The predicted molar refractivity (Wildman–Crippen MR) is 65.8 cm³/mol. The van der Waals surface area contributed by atoms with Gasteiger partial charge in [-0.1, -0.05) is 29.8 Å². The standard InChI is InChI=1S/C13H13ClN2/c1-9-12(10(2)16-8-15-9)7-11-5-3-4-6-13(11)14/h3-6,8H,7H2,1-2H3. The van der Waals surface area contributed by atoms with Crippen molar-refractivity contribution in [3.8, 4) is 0 Å². The molecule has 82 valence electrons. The number of aryl methyl sites for hydroxylation is 2. The molecule has 0 atom stereocenters. The molecule has 3 heteroatoms. The van der Waals surface area contributed by atoms with E-state index in [2.05, 4.69) is 9.97 Å². The first-order valence-corrected chi connectivity index (χ1v) is 5.57. The van der Waals surface area contributed by atoms with E-state index < -0.39 is 0 Å². The van der Waals surface area contributed by atoms with Crippen molar-refractivity contribution in [1.82, 2.24) is 9.97 Å². The molecule has 2 nitrogen and oxygen atoms in total. The third kappa shape index (κ3) is 2.22. The smallest absolute Gasteiger partial charge is 0.115 e. The van der Waals surface area contributed by atoms with E-state index in [-0.39, 0.29) is 0 Å². The molecule has 1 aromatic heterocycles. The van der Waals surface area contributed by atoms with Gasteiger partial charge in [-0.2, -0.15) is 0 Å². The number of rotatable bonds is 2. The van der Waals surface area contributed by atoms with Crippen LogP contribution in [0, 0.1) is 13.8 Å². The molecule has 2 rings (SSSR count). The fourth-order valence-corrected chi connectivity index (χ4v) is 1.91.